The Balaban J connectivity index is -0.0000000267. The average Bonchev–Trinajstić information content (AvgIpc) is 0.722. The van der Waals surface area contributed by atoms with Crippen molar-refractivity contribution < 1.29 is 40.1 Å². The van der Waals surface area contributed by atoms with Crippen LogP contribution in [0.1, 0.15) is 0 Å². The van der Waals surface area contributed by atoms with Gasteiger partial charge in [0.25, 0.3) is 0 Å². The molecule has 0 atom stereocenters. The van der Waals surface area contributed by atoms with E-state index in [4.69, 9.17) is 17.5 Å². The summed E-state index contributed by atoms with van der Waals surface area (Å²) in [6, 6.07) is 0. The third-order valence-corrected chi connectivity index (χ3v) is 0. The Kier molecular flexibility index (Phi) is 23.3. The average molecular weight is 197 g/mol. The van der Waals surface area contributed by atoms with Crippen molar-refractivity contribution in [3.05, 3.63) is 0 Å². The summed E-state index contributed by atoms with van der Waals surface area (Å²) in [6.45, 7) is 0. The van der Waals surface area contributed by atoms with E-state index in [0.29, 0.717) is 0 Å². The fraction of sp³-hybridized carbons (Fsp3) is 0. The Bertz CT molecular complexity index is 95.6. The van der Waals surface area contributed by atoms with Gasteiger partial charge < -0.3 is 5.48 Å². The maximum Gasteiger partial charge on any atom is 0.394 e. The van der Waals surface area contributed by atoms with E-state index in [1.165, 1.54) is 0 Å². The SMILES string of the molecule is O.O=S(=O)(O)O.[MgH2].[Mn]. The molecule has 1 radical (unpaired) electrons. The van der Waals surface area contributed by atoms with Crippen LogP contribution in [0, 0.1) is 0 Å². The Morgan fingerprint density at radius 1 is 1.12 bits per heavy atom. The molecule has 0 amide bonds. The summed E-state index contributed by atoms with van der Waals surface area (Å²) in [5.74, 6) is 0. The molecule has 0 aliphatic carbocycles. The van der Waals surface area contributed by atoms with Crippen molar-refractivity contribution >= 4 is 33.5 Å². The van der Waals surface area contributed by atoms with Crippen LogP contribution in [0.5, 0.6) is 0 Å². The van der Waals surface area contributed by atoms with E-state index in [1.54, 1.807) is 0 Å². The van der Waals surface area contributed by atoms with Crippen molar-refractivity contribution in [2.24, 2.45) is 0 Å². The molecule has 0 spiro atoms. The smallest absolute Gasteiger partial charge is 0.394 e. The molecule has 0 bridgehead atoms. The van der Waals surface area contributed by atoms with Crippen LogP contribution in [0.25, 0.3) is 0 Å². The molecule has 0 unspecified atom stereocenters. The summed E-state index contributed by atoms with van der Waals surface area (Å²) >= 11 is 0. The van der Waals surface area contributed by atoms with Crippen molar-refractivity contribution in [2.45, 2.75) is 0 Å². The van der Waals surface area contributed by atoms with E-state index in [9.17, 15) is 0 Å². The van der Waals surface area contributed by atoms with Gasteiger partial charge in [-0.05, 0) is 0 Å². The molecule has 0 saturated heterocycles. The van der Waals surface area contributed by atoms with Crippen molar-refractivity contribution in [3.63, 3.8) is 0 Å². The zero-order valence-electron chi connectivity index (χ0n) is 3.00. The summed E-state index contributed by atoms with van der Waals surface area (Å²) in [5, 5.41) is 0. The van der Waals surface area contributed by atoms with Gasteiger partial charge in [-0.1, -0.05) is 0 Å². The molecule has 0 aromatic heterocycles. The third-order valence-electron chi connectivity index (χ3n) is 0. The number of rotatable bonds is 0. The molecule has 0 aliphatic rings. The van der Waals surface area contributed by atoms with Crippen LogP contribution >= 0.6 is 0 Å². The minimum absolute atomic E-state index is 0. The Morgan fingerprint density at radius 3 is 1.12 bits per heavy atom. The van der Waals surface area contributed by atoms with Crippen molar-refractivity contribution in [2.75, 3.05) is 0 Å². The molecule has 0 heterocycles. The first-order valence-corrected chi connectivity index (χ1v) is 2.10. The molecule has 51 valence electrons. The summed E-state index contributed by atoms with van der Waals surface area (Å²) in [4.78, 5) is 0. The first kappa shape index (κ1) is 22.9. The van der Waals surface area contributed by atoms with E-state index in [-0.39, 0.29) is 45.6 Å². The van der Waals surface area contributed by atoms with Crippen LogP contribution < -0.4 is 0 Å². The normalized spacial score (nSPS) is 7.25. The molecule has 4 N–H and O–H groups in total. The molecule has 8 heavy (non-hydrogen) atoms. The summed E-state index contributed by atoms with van der Waals surface area (Å²) in [6.07, 6.45) is 0. The largest absolute Gasteiger partial charge is 0.412 e. The van der Waals surface area contributed by atoms with Crippen LogP contribution in [0.4, 0.5) is 0 Å². The Labute approximate surface area is 73.4 Å². The first-order valence-electron chi connectivity index (χ1n) is 0.698. The molecule has 0 aliphatic heterocycles. The summed E-state index contributed by atoms with van der Waals surface area (Å²) in [5.41, 5.74) is 0. The molecular weight excluding hydrogens is 191 g/mol. The zero-order chi connectivity index (χ0) is 4.50. The van der Waals surface area contributed by atoms with Crippen molar-refractivity contribution in [1.82, 2.24) is 0 Å². The maximum absolute atomic E-state index is 8.74. The number of hydrogen-bond donors (Lipinski definition) is 2. The molecule has 0 saturated carbocycles. The standard InChI is InChI=1S/Mg.Mn.H2O4S.H2O.2H/c;;1-5(2,3)4;;;/h;;(H2,1,2,3,4);1H2;;. The van der Waals surface area contributed by atoms with Gasteiger partial charge in [0.1, 0.15) is 0 Å². The predicted octanol–water partition coefficient (Wildman–Crippen LogP) is -2.40. The van der Waals surface area contributed by atoms with Crippen LogP contribution in [0.15, 0.2) is 0 Å². The molecular formula is H6MgMnO5S. The first-order chi connectivity index (χ1) is 2.00. The van der Waals surface area contributed by atoms with Crippen LogP contribution in [-0.4, -0.2) is 46.1 Å². The molecule has 0 aromatic rings. The quantitative estimate of drug-likeness (QED) is 0.333. The second-order valence-electron chi connectivity index (χ2n) is 0.448. The number of hydrogen-bond acceptors (Lipinski definition) is 2. The summed E-state index contributed by atoms with van der Waals surface area (Å²) in [7, 11) is -4.67. The summed E-state index contributed by atoms with van der Waals surface area (Å²) < 4.78 is 31.6. The molecule has 0 aromatic carbocycles. The topological polar surface area (TPSA) is 106 Å². The van der Waals surface area contributed by atoms with Gasteiger partial charge in [-0.25, -0.2) is 0 Å². The van der Waals surface area contributed by atoms with Gasteiger partial charge in [-0.15, -0.1) is 0 Å². The van der Waals surface area contributed by atoms with Crippen LogP contribution in [0.3, 0.4) is 0 Å². The van der Waals surface area contributed by atoms with Gasteiger partial charge in [-0.2, -0.15) is 8.42 Å². The van der Waals surface area contributed by atoms with Crippen LogP contribution in [0.2, 0.25) is 0 Å². The fourth-order valence-corrected chi connectivity index (χ4v) is 0. The third kappa shape index (κ3) is 214. The molecule has 0 fully saturated rings. The zero-order valence-corrected chi connectivity index (χ0v) is 4.99. The minimum Gasteiger partial charge on any atom is -0.412 e. The van der Waals surface area contributed by atoms with Crippen LogP contribution in [-0.2, 0) is 27.5 Å². The van der Waals surface area contributed by atoms with Crippen molar-refractivity contribution in [1.29, 1.82) is 0 Å². The van der Waals surface area contributed by atoms with E-state index in [1.807, 2.05) is 0 Å². The second-order valence-corrected chi connectivity index (χ2v) is 1.34. The molecule has 8 heteroatoms. The van der Waals surface area contributed by atoms with E-state index in [2.05, 4.69) is 0 Å². The fourth-order valence-electron chi connectivity index (χ4n) is 0. The van der Waals surface area contributed by atoms with Gasteiger partial charge in [-0.3, -0.25) is 9.11 Å². The Morgan fingerprint density at radius 2 is 1.12 bits per heavy atom. The van der Waals surface area contributed by atoms with E-state index >= 15 is 0 Å². The van der Waals surface area contributed by atoms with Gasteiger partial charge in [0.15, 0.2) is 0 Å². The minimum atomic E-state index is -4.67. The van der Waals surface area contributed by atoms with Gasteiger partial charge in [0.05, 0.1) is 0 Å². The van der Waals surface area contributed by atoms with Gasteiger partial charge >= 0.3 is 33.5 Å². The maximum atomic E-state index is 8.74. The predicted molar refractivity (Wildman–Crippen MR) is 26.3 cm³/mol. The second kappa shape index (κ2) is 8.12. The van der Waals surface area contributed by atoms with Gasteiger partial charge in [0.2, 0.25) is 0 Å². The Hall–Kier alpha value is 1.12. The van der Waals surface area contributed by atoms with E-state index in [0.717, 1.165) is 0 Å². The van der Waals surface area contributed by atoms with Gasteiger partial charge in [0, 0.05) is 17.1 Å². The van der Waals surface area contributed by atoms with Crippen molar-refractivity contribution in [3.8, 4) is 0 Å². The molecule has 0 rings (SSSR count). The monoisotopic (exact) mass is 197 g/mol. The van der Waals surface area contributed by atoms with E-state index < -0.39 is 10.4 Å². The molecule has 5 nitrogen and oxygen atoms in total.